The zero-order valence-electron chi connectivity index (χ0n) is 16.7. The number of hydrogen-bond acceptors (Lipinski definition) is 8. The Bertz CT molecular complexity index is 885. The maximum absolute atomic E-state index is 11.6. The zero-order valence-corrected chi connectivity index (χ0v) is 16.7. The molecule has 2 rings (SSSR count). The third kappa shape index (κ3) is 8.53. The van der Waals surface area contributed by atoms with Crippen molar-refractivity contribution in [2.24, 2.45) is 0 Å². The van der Waals surface area contributed by atoms with Gasteiger partial charge in [-0.2, -0.15) is 0 Å². The van der Waals surface area contributed by atoms with Gasteiger partial charge in [0.1, 0.15) is 0 Å². The first-order valence-corrected chi connectivity index (χ1v) is 9.59. The van der Waals surface area contributed by atoms with Gasteiger partial charge in [-0.25, -0.2) is 9.59 Å². The molecule has 0 atom stereocenters. The molecular formula is C23H24O8. The van der Waals surface area contributed by atoms with E-state index in [1.807, 2.05) is 0 Å². The number of ether oxygens (including phenoxy) is 2. The highest BCUT2D eigenvalue weighted by Crippen LogP contribution is 2.26. The summed E-state index contributed by atoms with van der Waals surface area (Å²) >= 11 is 0. The van der Waals surface area contributed by atoms with E-state index in [0.29, 0.717) is 30.4 Å². The first-order valence-electron chi connectivity index (χ1n) is 9.59. The summed E-state index contributed by atoms with van der Waals surface area (Å²) in [7, 11) is 0. The predicted octanol–water partition coefficient (Wildman–Crippen LogP) is 3.49. The molecule has 2 aromatic rings. The van der Waals surface area contributed by atoms with Crippen LogP contribution in [0.5, 0.6) is 23.0 Å². The Morgan fingerprint density at radius 3 is 1.45 bits per heavy atom. The van der Waals surface area contributed by atoms with Crippen molar-refractivity contribution < 1.29 is 39.5 Å². The molecule has 0 amide bonds. The van der Waals surface area contributed by atoms with Crippen LogP contribution in [0, 0.1) is 0 Å². The van der Waals surface area contributed by atoms with Crippen LogP contribution in [0.1, 0.15) is 30.4 Å². The van der Waals surface area contributed by atoms with E-state index in [-0.39, 0.29) is 36.2 Å². The molecule has 0 saturated carbocycles. The third-order valence-electron chi connectivity index (χ3n) is 4.10. The minimum absolute atomic E-state index is 0.224. The molecule has 0 bridgehead atoms. The second-order valence-corrected chi connectivity index (χ2v) is 6.56. The number of phenols is 4. The second kappa shape index (κ2) is 11.9. The molecule has 0 aliphatic carbocycles. The van der Waals surface area contributed by atoms with Crippen molar-refractivity contribution in [1.82, 2.24) is 0 Å². The van der Waals surface area contributed by atoms with E-state index >= 15 is 0 Å². The fraction of sp³-hybridized carbons (Fsp3) is 0.217. The maximum Gasteiger partial charge on any atom is 0.330 e. The van der Waals surface area contributed by atoms with Gasteiger partial charge in [-0.05, 0) is 66.8 Å². The molecule has 31 heavy (non-hydrogen) atoms. The normalized spacial score (nSPS) is 11.1. The van der Waals surface area contributed by atoms with Crippen LogP contribution < -0.4 is 0 Å². The molecule has 0 aliphatic rings. The number of esters is 2. The van der Waals surface area contributed by atoms with Gasteiger partial charge in [-0.3, -0.25) is 0 Å². The van der Waals surface area contributed by atoms with E-state index in [0.717, 1.165) is 0 Å². The molecule has 8 nitrogen and oxygen atoms in total. The van der Waals surface area contributed by atoms with Crippen molar-refractivity contribution in [3.8, 4) is 23.0 Å². The van der Waals surface area contributed by atoms with E-state index < -0.39 is 11.9 Å². The number of hydrogen-bond donors (Lipinski definition) is 4. The molecule has 0 fully saturated rings. The topological polar surface area (TPSA) is 134 Å². The molecule has 0 saturated heterocycles. The summed E-state index contributed by atoms with van der Waals surface area (Å²) in [6.07, 6.45) is 7.31. The summed E-state index contributed by atoms with van der Waals surface area (Å²) in [5.74, 6) is -2.07. The summed E-state index contributed by atoms with van der Waals surface area (Å²) < 4.78 is 10.1. The van der Waals surface area contributed by atoms with Gasteiger partial charge in [0.2, 0.25) is 0 Å². The molecule has 0 aliphatic heterocycles. The minimum Gasteiger partial charge on any atom is -0.504 e. The maximum atomic E-state index is 11.6. The van der Waals surface area contributed by atoms with Crippen LogP contribution in [0.15, 0.2) is 48.6 Å². The Hall–Kier alpha value is -3.94. The van der Waals surface area contributed by atoms with Gasteiger partial charge in [0.15, 0.2) is 23.0 Å². The lowest BCUT2D eigenvalue weighted by Gasteiger charge is -2.04. The van der Waals surface area contributed by atoms with E-state index in [4.69, 9.17) is 9.47 Å². The largest absolute Gasteiger partial charge is 0.504 e. The van der Waals surface area contributed by atoms with Gasteiger partial charge in [0.25, 0.3) is 0 Å². The number of aromatic hydroxyl groups is 4. The van der Waals surface area contributed by atoms with Crippen LogP contribution in [0.25, 0.3) is 12.2 Å². The zero-order chi connectivity index (χ0) is 22.6. The molecule has 0 heterocycles. The van der Waals surface area contributed by atoms with Crippen LogP contribution in [0.3, 0.4) is 0 Å². The standard InChI is InChI=1S/C23H24O8/c24-18-8-4-16(14-20(18)26)6-10-22(28)30-12-2-1-3-13-31-23(29)11-7-17-5-9-19(25)21(27)15-17/h4-11,14-15,24-27H,1-3,12-13H2/b10-6+,11-7+. The van der Waals surface area contributed by atoms with Crippen molar-refractivity contribution in [2.45, 2.75) is 19.3 Å². The van der Waals surface area contributed by atoms with Gasteiger partial charge < -0.3 is 29.9 Å². The number of phenolic OH excluding ortho intramolecular Hbond substituents is 4. The quantitative estimate of drug-likeness (QED) is 0.196. The lowest BCUT2D eigenvalue weighted by Crippen LogP contribution is -2.04. The Balaban J connectivity index is 1.56. The Labute approximate surface area is 179 Å². The van der Waals surface area contributed by atoms with Gasteiger partial charge in [-0.1, -0.05) is 12.1 Å². The highest BCUT2D eigenvalue weighted by atomic mass is 16.5. The van der Waals surface area contributed by atoms with Crippen LogP contribution >= 0.6 is 0 Å². The van der Waals surface area contributed by atoms with Crippen molar-refractivity contribution in [3.05, 3.63) is 59.7 Å². The summed E-state index contributed by atoms with van der Waals surface area (Å²) in [4.78, 5) is 23.3. The first kappa shape index (κ1) is 23.3. The Morgan fingerprint density at radius 2 is 1.06 bits per heavy atom. The monoisotopic (exact) mass is 428 g/mol. The van der Waals surface area contributed by atoms with Crippen LogP contribution in [0.4, 0.5) is 0 Å². The molecule has 2 aromatic carbocycles. The number of unbranched alkanes of at least 4 members (excludes halogenated alkanes) is 2. The lowest BCUT2D eigenvalue weighted by atomic mass is 10.2. The van der Waals surface area contributed by atoms with E-state index in [1.165, 1.54) is 48.6 Å². The molecule has 0 radical (unpaired) electrons. The molecule has 164 valence electrons. The van der Waals surface area contributed by atoms with Crippen molar-refractivity contribution in [2.75, 3.05) is 13.2 Å². The van der Waals surface area contributed by atoms with Gasteiger partial charge in [0, 0.05) is 12.2 Å². The molecule has 4 N–H and O–H groups in total. The number of carbonyl (C=O) groups excluding carboxylic acids is 2. The Morgan fingerprint density at radius 1 is 0.645 bits per heavy atom. The summed E-state index contributed by atoms with van der Waals surface area (Å²) in [5.41, 5.74) is 1.09. The second-order valence-electron chi connectivity index (χ2n) is 6.56. The highest BCUT2D eigenvalue weighted by Gasteiger charge is 2.02. The van der Waals surface area contributed by atoms with E-state index in [2.05, 4.69) is 0 Å². The molecule has 0 aromatic heterocycles. The lowest BCUT2D eigenvalue weighted by molar-refractivity contribution is -0.138. The van der Waals surface area contributed by atoms with Gasteiger partial charge in [0.05, 0.1) is 13.2 Å². The van der Waals surface area contributed by atoms with Crippen molar-refractivity contribution >= 4 is 24.1 Å². The van der Waals surface area contributed by atoms with Crippen LogP contribution in [-0.2, 0) is 19.1 Å². The molecular weight excluding hydrogens is 404 g/mol. The average molecular weight is 428 g/mol. The number of benzene rings is 2. The van der Waals surface area contributed by atoms with Crippen molar-refractivity contribution in [1.29, 1.82) is 0 Å². The molecule has 0 unspecified atom stereocenters. The first-order chi connectivity index (χ1) is 14.8. The smallest absolute Gasteiger partial charge is 0.330 e. The van der Waals surface area contributed by atoms with Crippen molar-refractivity contribution in [3.63, 3.8) is 0 Å². The van der Waals surface area contributed by atoms with E-state index in [1.54, 1.807) is 12.1 Å². The van der Waals surface area contributed by atoms with Gasteiger partial charge >= 0.3 is 11.9 Å². The fourth-order valence-electron chi connectivity index (χ4n) is 2.44. The fourth-order valence-corrected chi connectivity index (χ4v) is 2.44. The number of rotatable bonds is 10. The number of carbonyl (C=O) groups is 2. The minimum atomic E-state index is -0.524. The molecule has 8 heteroatoms. The molecule has 0 spiro atoms. The van der Waals surface area contributed by atoms with Crippen LogP contribution in [-0.4, -0.2) is 45.6 Å². The summed E-state index contributed by atoms with van der Waals surface area (Å²) in [6, 6.07) is 8.38. The average Bonchev–Trinajstić information content (AvgIpc) is 2.74. The van der Waals surface area contributed by atoms with Gasteiger partial charge in [-0.15, -0.1) is 0 Å². The highest BCUT2D eigenvalue weighted by molar-refractivity contribution is 5.87. The SMILES string of the molecule is O=C(/C=C/c1ccc(O)c(O)c1)OCCCCCOC(=O)/C=C/c1ccc(O)c(O)c1. The third-order valence-corrected chi connectivity index (χ3v) is 4.10. The summed E-state index contributed by atoms with van der Waals surface area (Å²) in [5, 5.41) is 37.3. The summed E-state index contributed by atoms with van der Waals surface area (Å²) in [6.45, 7) is 0.449. The predicted molar refractivity (Wildman–Crippen MR) is 113 cm³/mol. The van der Waals surface area contributed by atoms with Crippen LogP contribution in [0.2, 0.25) is 0 Å². The van der Waals surface area contributed by atoms with E-state index in [9.17, 15) is 30.0 Å². The Kier molecular flexibility index (Phi) is 8.97.